The predicted molar refractivity (Wildman–Crippen MR) is 236 cm³/mol. The molecule has 15 nitrogen and oxygen atoms in total. The first-order valence-electron chi connectivity index (χ1n) is 20.2. The van der Waals surface area contributed by atoms with Gasteiger partial charge in [-0.2, -0.15) is 16.8 Å². The average molecular weight is 895 g/mol. The number of hydrogen-bond donors (Lipinski definition) is 4. The summed E-state index contributed by atoms with van der Waals surface area (Å²) in [5, 5.41) is 18.2. The predicted octanol–water partition coefficient (Wildman–Crippen LogP) is 6.94. The highest BCUT2D eigenvalue weighted by Gasteiger charge is 2.41. The van der Waals surface area contributed by atoms with Crippen LogP contribution in [0.25, 0.3) is 0 Å². The van der Waals surface area contributed by atoms with Crippen LogP contribution in [0.4, 0.5) is 11.4 Å². The van der Waals surface area contributed by atoms with Crippen molar-refractivity contribution >= 4 is 49.3 Å². The van der Waals surface area contributed by atoms with Crippen molar-refractivity contribution < 1.29 is 60.0 Å². The van der Waals surface area contributed by atoms with E-state index in [2.05, 4.69) is 9.80 Å². The van der Waals surface area contributed by atoms with Gasteiger partial charge in [-0.05, 0) is 98.2 Å². The largest absolute Gasteiger partial charge is 0.482 e. The maximum atomic E-state index is 13.4. The Kier molecular flexibility index (Phi) is 15.1. The van der Waals surface area contributed by atoms with Gasteiger partial charge in [0, 0.05) is 57.8 Å². The molecule has 0 saturated heterocycles. The molecule has 2 aliphatic heterocycles. The zero-order chi connectivity index (χ0) is 45.5. The van der Waals surface area contributed by atoms with Gasteiger partial charge in [0.2, 0.25) is 0 Å². The number of carboxylic acid groups (broad SMARTS) is 2. The summed E-state index contributed by atoms with van der Waals surface area (Å²) in [5.41, 5.74) is 5.55. The topological polar surface area (TPSA) is 225 Å². The molecular formula is C45H54N2O13S2. The van der Waals surface area contributed by atoms with Crippen molar-refractivity contribution in [3.8, 4) is 11.5 Å². The minimum atomic E-state index is -4.10. The molecule has 0 radical (unpaired) electrons. The van der Waals surface area contributed by atoms with Crippen molar-refractivity contribution in [1.29, 1.82) is 0 Å². The van der Waals surface area contributed by atoms with E-state index in [0.29, 0.717) is 61.4 Å². The molecule has 3 aliphatic rings. The highest BCUT2D eigenvalue weighted by Crippen LogP contribution is 2.50. The van der Waals surface area contributed by atoms with Gasteiger partial charge in [-0.3, -0.25) is 13.9 Å². The molecule has 1 fully saturated rings. The van der Waals surface area contributed by atoms with Gasteiger partial charge >= 0.3 is 11.9 Å². The summed E-state index contributed by atoms with van der Waals surface area (Å²) in [6.07, 6.45) is 17.4. The zero-order valence-corrected chi connectivity index (χ0v) is 36.9. The summed E-state index contributed by atoms with van der Waals surface area (Å²) in [6.45, 7) is 8.05. The molecule has 0 bridgehead atoms. The molecule has 62 heavy (non-hydrogen) atoms. The molecular weight excluding hydrogens is 841 g/mol. The van der Waals surface area contributed by atoms with Crippen LogP contribution < -0.4 is 19.3 Å². The number of Topliss-reactive ketones (excluding diaryl/α,β-unsaturated/α-hetero) is 1. The number of rotatable bonds is 20. The highest BCUT2D eigenvalue weighted by atomic mass is 32.2. The van der Waals surface area contributed by atoms with E-state index in [0.717, 1.165) is 33.9 Å². The Morgan fingerprint density at radius 3 is 1.35 bits per heavy atom. The minimum absolute atomic E-state index is 0.0643. The van der Waals surface area contributed by atoms with Gasteiger partial charge in [-0.25, -0.2) is 9.59 Å². The van der Waals surface area contributed by atoms with E-state index in [1.807, 2.05) is 88.4 Å². The van der Waals surface area contributed by atoms with E-state index in [4.69, 9.17) is 19.7 Å². The van der Waals surface area contributed by atoms with Crippen molar-refractivity contribution in [2.24, 2.45) is 0 Å². The van der Waals surface area contributed by atoms with Crippen LogP contribution in [-0.2, 0) is 45.4 Å². The Balaban J connectivity index is 1.32. The number of carbonyl (C=O) groups excluding carboxylic acids is 1. The first-order chi connectivity index (χ1) is 29.1. The summed E-state index contributed by atoms with van der Waals surface area (Å²) in [6, 6.07) is 10.7. The number of anilines is 2. The highest BCUT2D eigenvalue weighted by molar-refractivity contribution is 7.86. The van der Waals surface area contributed by atoms with Gasteiger partial charge in [-0.1, -0.05) is 64.2 Å². The first-order valence-corrected chi connectivity index (χ1v) is 23.4. The number of allylic oxidation sites excluding steroid dienone is 12. The lowest BCUT2D eigenvalue weighted by atomic mass is 9.83. The molecule has 4 N–H and O–H groups in total. The van der Waals surface area contributed by atoms with Gasteiger partial charge in [0.05, 0.1) is 11.5 Å². The van der Waals surface area contributed by atoms with Crippen LogP contribution in [0.2, 0.25) is 0 Å². The Hall–Kier alpha value is -5.49. The number of hydrogen-bond acceptors (Lipinski definition) is 11. The number of ketones is 1. The van der Waals surface area contributed by atoms with E-state index >= 15 is 0 Å². The van der Waals surface area contributed by atoms with Crippen LogP contribution in [0.5, 0.6) is 11.5 Å². The van der Waals surface area contributed by atoms with Crippen molar-refractivity contribution in [2.45, 2.75) is 77.0 Å². The third kappa shape index (κ3) is 12.1. The van der Waals surface area contributed by atoms with Crippen molar-refractivity contribution in [3.63, 3.8) is 0 Å². The van der Waals surface area contributed by atoms with Crippen LogP contribution in [-0.4, -0.2) is 91.7 Å². The van der Waals surface area contributed by atoms with E-state index in [9.17, 15) is 40.3 Å². The summed E-state index contributed by atoms with van der Waals surface area (Å²) in [4.78, 5) is 39.8. The molecule has 2 aromatic rings. The Labute approximate surface area is 362 Å². The van der Waals surface area contributed by atoms with E-state index < -0.39 is 56.2 Å². The van der Waals surface area contributed by atoms with Gasteiger partial charge in [0.1, 0.15) is 11.5 Å². The van der Waals surface area contributed by atoms with Crippen LogP contribution in [0.1, 0.15) is 77.3 Å². The monoisotopic (exact) mass is 894 g/mol. The van der Waals surface area contributed by atoms with Crippen molar-refractivity contribution in [2.75, 3.05) is 47.6 Å². The summed E-state index contributed by atoms with van der Waals surface area (Å²) in [5.74, 6) is -2.15. The number of ether oxygens (including phenoxy) is 2. The third-order valence-corrected chi connectivity index (χ3v) is 12.7. The van der Waals surface area contributed by atoms with Crippen LogP contribution in [0.3, 0.4) is 0 Å². The molecule has 1 saturated carbocycles. The zero-order valence-electron chi connectivity index (χ0n) is 35.2. The first kappa shape index (κ1) is 47.6. The number of fused-ring (bicyclic) bond motifs is 2. The number of aliphatic carboxylic acids is 2. The quantitative estimate of drug-likeness (QED) is 0.0600. The summed E-state index contributed by atoms with van der Waals surface area (Å²) in [7, 11) is -8.20. The van der Waals surface area contributed by atoms with Gasteiger partial charge in [0.25, 0.3) is 20.2 Å². The van der Waals surface area contributed by atoms with Crippen LogP contribution in [0, 0.1) is 0 Å². The van der Waals surface area contributed by atoms with Gasteiger partial charge in [-0.15, -0.1) is 0 Å². The molecule has 0 amide bonds. The van der Waals surface area contributed by atoms with E-state index in [-0.39, 0.29) is 30.1 Å². The molecule has 334 valence electrons. The fourth-order valence-electron chi connectivity index (χ4n) is 8.03. The number of benzene rings is 2. The standard InChI is InChI=1S/C45H54N2O13S2/c1-44(2)35-27-33(59-29-41(48)49)19-21-37(35)46(23-9-11-25-61(53,54)55)39(44)15-7-5-13-31-17-18-32(43(31)52)14-6-8-16-40-45(3,4)36-28-34(60-30-42(50)51)20-22-38(36)47(40)24-10-12-26-62(56,57)58/h5-8,13-16,19-22,27-28H,9-12,17-18,23-26,29-30H2,1-4H3,(H,48,49)(H,50,51)(H,53,54,55)(H,56,57,58)/b7-5+,8-6+,31-13+,32-14+,39-15+,40-16+. The SMILES string of the molecule is CC1(C)\C(=C/C=C/C=C2\CC\C(=C/C=C/C=C3/N(CCCCS(=O)(=O)O)c4ccc(OCC(=O)O)cc4C3(C)C)C2=O)N(CCCCS(=O)(=O)O)c2ccc(OCC(=O)O)cc21. The molecule has 0 atom stereocenters. The molecule has 0 spiro atoms. The normalized spacial score (nSPS) is 19.7. The van der Waals surface area contributed by atoms with Gasteiger partial charge in [0.15, 0.2) is 19.0 Å². The molecule has 17 heteroatoms. The molecule has 5 rings (SSSR count). The molecule has 1 aliphatic carbocycles. The van der Waals surface area contributed by atoms with E-state index in [1.54, 1.807) is 24.3 Å². The molecule has 2 aromatic carbocycles. The number of unbranched alkanes of at least 4 members (excludes halogenated alkanes) is 2. The summed E-state index contributed by atoms with van der Waals surface area (Å²) < 4.78 is 74.7. The smallest absolute Gasteiger partial charge is 0.341 e. The lowest BCUT2D eigenvalue weighted by Gasteiger charge is -2.27. The van der Waals surface area contributed by atoms with Crippen LogP contribution >= 0.6 is 0 Å². The van der Waals surface area contributed by atoms with Gasteiger partial charge < -0.3 is 29.5 Å². The van der Waals surface area contributed by atoms with Crippen molar-refractivity contribution in [3.05, 3.63) is 119 Å². The van der Waals surface area contributed by atoms with Crippen LogP contribution in [0.15, 0.2) is 108 Å². The lowest BCUT2D eigenvalue weighted by Crippen LogP contribution is -2.27. The van der Waals surface area contributed by atoms with Crippen molar-refractivity contribution in [1.82, 2.24) is 0 Å². The second-order valence-electron chi connectivity index (χ2n) is 16.3. The third-order valence-electron chi connectivity index (χ3n) is 11.1. The average Bonchev–Trinajstić information content (AvgIpc) is 3.71. The fourth-order valence-corrected chi connectivity index (χ4v) is 9.16. The molecule has 0 unspecified atom stereocenters. The fraction of sp³-hybridized carbons (Fsp3) is 0.400. The second-order valence-corrected chi connectivity index (χ2v) is 19.5. The second kappa shape index (κ2) is 19.7. The maximum absolute atomic E-state index is 13.4. The number of nitrogens with zero attached hydrogens (tertiary/aromatic N) is 2. The Morgan fingerprint density at radius 2 is 1.00 bits per heavy atom. The Morgan fingerprint density at radius 1 is 0.629 bits per heavy atom. The molecule has 2 heterocycles. The number of carbonyl (C=O) groups is 3. The number of carboxylic acids is 2. The maximum Gasteiger partial charge on any atom is 0.341 e. The lowest BCUT2D eigenvalue weighted by molar-refractivity contribution is -0.140. The van der Waals surface area contributed by atoms with E-state index in [1.165, 1.54) is 0 Å². The summed E-state index contributed by atoms with van der Waals surface area (Å²) >= 11 is 0. The minimum Gasteiger partial charge on any atom is -0.482 e. The Bertz CT molecular complexity index is 2310. The molecule has 0 aromatic heterocycles.